The average Bonchev–Trinajstić information content (AvgIpc) is 2.83. The molecule has 2 rings (SSSR count). The molecule has 1 aromatic rings. The maximum atomic E-state index is 10.8. The molecule has 9 heteroatoms. The smallest absolute Gasteiger partial charge is 0.331 e. The maximum absolute atomic E-state index is 10.8. The summed E-state index contributed by atoms with van der Waals surface area (Å²) < 4.78 is 1.55. The summed E-state index contributed by atoms with van der Waals surface area (Å²) in [7, 11) is 1.72. The minimum absolute atomic E-state index is 0. The Kier molecular flexibility index (Phi) is 6.37. The van der Waals surface area contributed by atoms with Gasteiger partial charge in [-0.05, 0) is 18.9 Å². The highest BCUT2D eigenvalue weighted by Crippen LogP contribution is 2.30. The second-order valence-electron chi connectivity index (χ2n) is 4.07. The van der Waals surface area contributed by atoms with Crippen LogP contribution in [0.15, 0.2) is 6.20 Å². The molecule has 0 radical (unpaired) electrons. The molecule has 0 bridgehead atoms. The van der Waals surface area contributed by atoms with Crippen LogP contribution in [0.2, 0.25) is 0 Å². The first-order valence-electron chi connectivity index (χ1n) is 5.25. The van der Waals surface area contributed by atoms with Gasteiger partial charge in [0.05, 0.1) is 4.92 Å². The second kappa shape index (κ2) is 6.77. The van der Waals surface area contributed by atoms with Crippen LogP contribution in [0.4, 0.5) is 11.5 Å². The summed E-state index contributed by atoms with van der Waals surface area (Å²) >= 11 is 0. The molecule has 0 aromatic carbocycles. The highest BCUT2D eigenvalue weighted by atomic mass is 35.5. The van der Waals surface area contributed by atoms with Gasteiger partial charge in [0.25, 0.3) is 0 Å². The van der Waals surface area contributed by atoms with Crippen LogP contribution in [-0.2, 0) is 7.05 Å². The van der Waals surface area contributed by atoms with Crippen molar-refractivity contribution in [3.63, 3.8) is 0 Å². The zero-order valence-electron chi connectivity index (χ0n) is 9.98. The van der Waals surface area contributed by atoms with Crippen molar-refractivity contribution in [3.8, 4) is 0 Å². The van der Waals surface area contributed by atoms with Crippen LogP contribution < -0.4 is 10.6 Å². The predicted molar refractivity (Wildman–Crippen MR) is 73.7 cm³/mol. The number of aromatic nitrogens is 2. The van der Waals surface area contributed by atoms with E-state index in [1.54, 1.807) is 11.7 Å². The lowest BCUT2D eigenvalue weighted by atomic mass is 10.1. The molecule has 0 amide bonds. The first-order chi connectivity index (χ1) is 7.63. The number of hydrogen-bond donors (Lipinski definition) is 1. The number of nitro groups is 1. The fraction of sp³-hybridized carbons (Fsp3) is 0.667. The van der Waals surface area contributed by atoms with Crippen LogP contribution in [0.3, 0.4) is 0 Å². The molecule has 1 aliphatic rings. The minimum Gasteiger partial charge on any atom is -0.351 e. The van der Waals surface area contributed by atoms with Gasteiger partial charge in [0.1, 0.15) is 6.20 Å². The van der Waals surface area contributed by atoms with E-state index in [9.17, 15) is 10.1 Å². The summed E-state index contributed by atoms with van der Waals surface area (Å²) in [6.07, 6.45) is 2.28. The third-order valence-electron chi connectivity index (χ3n) is 3.00. The predicted octanol–water partition coefficient (Wildman–Crippen LogP) is 0.957. The van der Waals surface area contributed by atoms with Gasteiger partial charge in [0.2, 0.25) is 5.82 Å². The van der Waals surface area contributed by atoms with E-state index in [0.717, 1.165) is 19.5 Å². The molecule has 0 unspecified atom stereocenters. The Morgan fingerprint density at radius 1 is 1.61 bits per heavy atom. The van der Waals surface area contributed by atoms with Crippen molar-refractivity contribution in [2.24, 2.45) is 18.7 Å². The summed E-state index contributed by atoms with van der Waals surface area (Å²) in [5, 5.41) is 14.8. The van der Waals surface area contributed by atoms with Crippen molar-refractivity contribution in [2.75, 3.05) is 24.5 Å². The number of halogens is 2. The first-order valence-corrected chi connectivity index (χ1v) is 5.25. The Bertz CT molecular complexity index is 412. The fourth-order valence-electron chi connectivity index (χ4n) is 2.13. The summed E-state index contributed by atoms with van der Waals surface area (Å²) in [6, 6.07) is 0. The van der Waals surface area contributed by atoms with Gasteiger partial charge in [-0.2, -0.15) is 5.10 Å². The average molecular weight is 298 g/mol. The zero-order chi connectivity index (χ0) is 11.7. The number of nitrogens with two attached hydrogens (primary N) is 1. The number of nitrogens with zero attached hydrogens (tertiary/aromatic N) is 4. The molecule has 1 fully saturated rings. The van der Waals surface area contributed by atoms with E-state index in [0.29, 0.717) is 18.3 Å². The van der Waals surface area contributed by atoms with Gasteiger partial charge in [-0.25, -0.2) is 4.68 Å². The number of rotatable bonds is 3. The Hall–Kier alpha value is -1.05. The van der Waals surface area contributed by atoms with Gasteiger partial charge in [-0.1, -0.05) is 0 Å². The molecule has 1 aromatic heterocycles. The lowest BCUT2D eigenvalue weighted by Crippen LogP contribution is -2.25. The van der Waals surface area contributed by atoms with E-state index in [-0.39, 0.29) is 30.5 Å². The van der Waals surface area contributed by atoms with Crippen molar-refractivity contribution in [1.82, 2.24) is 9.78 Å². The van der Waals surface area contributed by atoms with Crippen LogP contribution in [0.5, 0.6) is 0 Å². The Morgan fingerprint density at radius 2 is 2.28 bits per heavy atom. The van der Waals surface area contributed by atoms with Crippen molar-refractivity contribution in [3.05, 3.63) is 16.3 Å². The molecule has 2 N–H and O–H groups in total. The Morgan fingerprint density at radius 3 is 2.78 bits per heavy atom. The molecule has 0 saturated carbocycles. The summed E-state index contributed by atoms with van der Waals surface area (Å²) in [5.74, 6) is 1.01. The van der Waals surface area contributed by atoms with Crippen LogP contribution in [0, 0.1) is 16.0 Å². The molecule has 1 saturated heterocycles. The Balaban J connectivity index is 0.00000144. The van der Waals surface area contributed by atoms with Gasteiger partial charge in [-0.15, -0.1) is 24.8 Å². The molecule has 18 heavy (non-hydrogen) atoms. The third-order valence-corrected chi connectivity index (χ3v) is 3.00. The number of anilines is 1. The van der Waals surface area contributed by atoms with E-state index < -0.39 is 4.92 Å². The zero-order valence-corrected chi connectivity index (χ0v) is 11.6. The first kappa shape index (κ1) is 16.9. The van der Waals surface area contributed by atoms with Crippen molar-refractivity contribution in [2.45, 2.75) is 6.42 Å². The highest BCUT2D eigenvalue weighted by molar-refractivity contribution is 5.85. The van der Waals surface area contributed by atoms with Crippen molar-refractivity contribution >= 4 is 36.3 Å². The van der Waals surface area contributed by atoms with E-state index in [1.165, 1.54) is 6.20 Å². The van der Waals surface area contributed by atoms with E-state index in [2.05, 4.69) is 5.10 Å². The third kappa shape index (κ3) is 3.04. The molecule has 0 aliphatic carbocycles. The largest absolute Gasteiger partial charge is 0.351 e. The van der Waals surface area contributed by atoms with Gasteiger partial charge >= 0.3 is 5.69 Å². The van der Waals surface area contributed by atoms with E-state index in [1.807, 2.05) is 4.90 Å². The Labute approximate surface area is 117 Å². The summed E-state index contributed by atoms with van der Waals surface area (Å²) in [5.41, 5.74) is 5.67. The minimum atomic E-state index is -0.391. The SMILES string of the molecule is Cl.Cl.Cn1ncc([N+](=O)[O-])c1N1CC[C@H](CN)C1. The van der Waals surface area contributed by atoms with E-state index in [4.69, 9.17) is 5.73 Å². The second-order valence-corrected chi connectivity index (χ2v) is 4.07. The quantitative estimate of drug-likeness (QED) is 0.663. The molecular formula is C9H17Cl2N5O2. The summed E-state index contributed by atoms with van der Waals surface area (Å²) in [4.78, 5) is 12.4. The van der Waals surface area contributed by atoms with Gasteiger partial charge in [0, 0.05) is 20.1 Å². The molecule has 2 heterocycles. The van der Waals surface area contributed by atoms with Gasteiger partial charge in [-0.3, -0.25) is 10.1 Å². The van der Waals surface area contributed by atoms with Crippen molar-refractivity contribution in [1.29, 1.82) is 0 Å². The molecular weight excluding hydrogens is 281 g/mol. The maximum Gasteiger partial charge on any atom is 0.331 e. The number of hydrogen-bond acceptors (Lipinski definition) is 5. The fourth-order valence-corrected chi connectivity index (χ4v) is 2.13. The monoisotopic (exact) mass is 297 g/mol. The molecule has 104 valence electrons. The van der Waals surface area contributed by atoms with Crippen LogP contribution in [0.1, 0.15) is 6.42 Å². The lowest BCUT2D eigenvalue weighted by Gasteiger charge is -2.17. The van der Waals surface area contributed by atoms with Crippen LogP contribution in [0.25, 0.3) is 0 Å². The normalized spacial score (nSPS) is 18.1. The molecule has 0 spiro atoms. The van der Waals surface area contributed by atoms with Gasteiger partial charge in [0.15, 0.2) is 0 Å². The molecule has 7 nitrogen and oxygen atoms in total. The lowest BCUT2D eigenvalue weighted by molar-refractivity contribution is -0.384. The highest BCUT2D eigenvalue weighted by Gasteiger charge is 2.30. The van der Waals surface area contributed by atoms with Gasteiger partial charge < -0.3 is 10.6 Å². The van der Waals surface area contributed by atoms with Crippen LogP contribution >= 0.6 is 24.8 Å². The molecule has 1 aliphatic heterocycles. The standard InChI is InChI=1S/C9H15N5O2.2ClH/c1-12-9(8(5-11-12)14(15)16)13-3-2-7(4-10)6-13;;/h5,7H,2-4,6,10H2,1H3;2*1H/t7-;;/m1../s1. The summed E-state index contributed by atoms with van der Waals surface area (Å²) in [6.45, 7) is 2.21. The molecule has 1 atom stereocenters. The number of aryl methyl sites for hydroxylation is 1. The van der Waals surface area contributed by atoms with Crippen molar-refractivity contribution < 1.29 is 4.92 Å². The van der Waals surface area contributed by atoms with Crippen LogP contribution in [-0.4, -0.2) is 34.3 Å². The topological polar surface area (TPSA) is 90.2 Å². The van der Waals surface area contributed by atoms with E-state index >= 15 is 0 Å².